The van der Waals surface area contributed by atoms with E-state index in [4.69, 9.17) is 9.26 Å². The van der Waals surface area contributed by atoms with Crippen molar-refractivity contribution in [3.63, 3.8) is 0 Å². The molecule has 0 radical (unpaired) electrons. The lowest BCUT2D eigenvalue weighted by atomic mass is 9.76. The molecule has 2 heterocycles. The van der Waals surface area contributed by atoms with E-state index in [-0.39, 0.29) is 24.8 Å². The van der Waals surface area contributed by atoms with Crippen LogP contribution in [-0.4, -0.2) is 47.2 Å². The van der Waals surface area contributed by atoms with Crippen molar-refractivity contribution in [2.24, 2.45) is 11.3 Å². The summed E-state index contributed by atoms with van der Waals surface area (Å²) in [5.41, 5.74) is 0.494. The van der Waals surface area contributed by atoms with Crippen LogP contribution in [0.4, 0.5) is 0 Å². The highest BCUT2D eigenvalue weighted by Crippen LogP contribution is 2.38. The molecule has 1 aliphatic heterocycles. The van der Waals surface area contributed by atoms with Gasteiger partial charge in [0.2, 0.25) is 5.91 Å². The van der Waals surface area contributed by atoms with E-state index in [0.29, 0.717) is 30.8 Å². The smallest absolute Gasteiger partial charge is 0.311 e. The number of aliphatic carboxylic acids is 1. The van der Waals surface area contributed by atoms with Crippen molar-refractivity contribution in [1.29, 1.82) is 0 Å². The van der Waals surface area contributed by atoms with Gasteiger partial charge in [-0.2, -0.15) is 0 Å². The van der Waals surface area contributed by atoms with Gasteiger partial charge in [-0.1, -0.05) is 5.16 Å². The van der Waals surface area contributed by atoms with Crippen molar-refractivity contribution in [1.82, 2.24) is 10.1 Å². The summed E-state index contributed by atoms with van der Waals surface area (Å²) in [6.45, 7) is 0.869. The number of hydrogen-bond acceptors (Lipinski definition) is 5. The number of hydrogen-bond donors (Lipinski definition) is 1. The standard InChI is InChI=1S/C21H24N2O5/c1-27-16-7-5-14(6-8-16)18-11-17(28-22-18)12-21(20(25)26)9-2-10-23(13-21)19(24)15-3-4-15/h5-8,11,15H,2-4,9-10,12-13H2,1H3,(H,25,26)/t21-/m0/s1. The molecule has 1 saturated heterocycles. The van der Waals surface area contributed by atoms with Crippen LogP contribution < -0.4 is 4.74 Å². The molecule has 1 saturated carbocycles. The number of aromatic nitrogens is 1. The predicted molar refractivity (Wildman–Crippen MR) is 101 cm³/mol. The van der Waals surface area contributed by atoms with E-state index >= 15 is 0 Å². The number of carbonyl (C=O) groups excluding carboxylic acids is 1. The summed E-state index contributed by atoms with van der Waals surface area (Å²) in [7, 11) is 1.61. The molecule has 1 aromatic carbocycles. The summed E-state index contributed by atoms with van der Waals surface area (Å²) in [4.78, 5) is 26.4. The lowest BCUT2D eigenvalue weighted by Gasteiger charge is -2.39. The van der Waals surface area contributed by atoms with E-state index in [1.54, 1.807) is 18.1 Å². The first kappa shape index (κ1) is 18.5. The Labute approximate surface area is 163 Å². The normalized spacial score (nSPS) is 22.1. The third-order valence-electron chi connectivity index (χ3n) is 5.73. The van der Waals surface area contributed by atoms with E-state index in [1.807, 2.05) is 24.3 Å². The Morgan fingerprint density at radius 1 is 1.32 bits per heavy atom. The van der Waals surface area contributed by atoms with Crippen molar-refractivity contribution in [2.75, 3.05) is 20.2 Å². The maximum absolute atomic E-state index is 12.5. The van der Waals surface area contributed by atoms with Crippen LogP contribution in [0.3, 0.4) is 0 Å². The zero-order valence-corrected chi connectivity index (χ0v) is 15.9. The van der Waals surface area contributed by atoms with E-state index in [2.05, 4.69) is 5.16 Å². The van der Waals surface area contributed by atoms with Gasteiger partial charge in [0.05, 0.1) is 12.5 Å². The van der Waals surface area contributed by atoms with Crippen molar-refractivity contribution in [3.05, 3.63) is 36.1 Å². The van der Waals surface area contributed by atoms with Crippen LogP contribution in [0.1, 0.15) is 31.4 Å². The first-order chi connectivity index (χ1) is 13.5. The Kier molecular flexibility index (Phi) is 4.83. The zero-order chi connectivity index (χ0) is 19.7. The van der Waals surface area contributed by atoms with Gasteiger partial charge in [0.25, 0.3) is 0 Å². The van der Waals surface area contributed by atoms with Crippen LogP contribution in [0.25, 0.3) is 11.3 Å². The Bertz CT molecular complexity index is 871. The van der Waals surface area contributed by atoms with E-state index < -0.39 is 11.4 Å². The van der Waals surface area contributed by atoms with Crippen molar-refractivity contribution in [3.8, 4) is 17.0 Å². The molecule has 1 amide bonds. The zero-order valence-electron chi connectivity index (χ0n) is 15.9. The topological polar surface area (TPSA) is 92.9 Å². The predicted octanol–water partition coefficient (Wildman–Crippen LogP) is 3.00. The molecule has 4 rings (SSSR count). The molecule has 2 aliphatic rings. The number of carboxylic acid groups (broad SMARTS) is 1. The van der Waals surface area contributed by atoms with Crippen molar-refractivity contribution < 1.29 is 24.0 Å². The summed E-state index contributed by atoms with van der Waals surface area (Å²) in [6.07, 6.45) is 3.27. The van der Waals surface area contributed by atoms with Gasteiger partial charge in [0.1, 0.15) is 17.2 Å². The highest BCUT2D eigenvalue weighted by molar-refractivity contribution is 5.83. The number of likely N-dealkylation sites (tertiary alicyclic amines) is 1. The minimum atomic E-state index is -1.03. The minimum Gasteiger partial charge on any atom is -0.497 e. The number of carbonyl (C=O) groups is 2. The molecule has 148 valence electrons. The Hall–Kier alpha value is -2.83. The van der Waals surface area contributed by atoms with Crippen LogP contribution in [0.15, 0.2) is 34.9 Å². The van der Waals surface area contributed by atoms with Crippen molar-refractivity contribution >= 4 is 11.9 Å². The fourth-order valence-electron chi connectivity index (χ4n) is 3.93. The lowest BCUT2D eigenvalue weighted by Crippen LogP contribution is -2.51. The number of carboxylic acids is 1. The number of nitrogens with zero attached hydrogens (tertiary/aromatic N) is 2. The molecule has 1 N–H and O–H groups in total. The Morgan fingerprint density at radius 2 is 2.07 bits per heavy atom. The van der Waals surface area contributed by atoms with E-state index in [0.717, 1.165) is 24.2 Å². The highest BCUT2D eigenvalue weighted by Gasteiger charge is 2.46. The average Bonchev–Trinajstić information content (AvgIpc) is 3.47. The van der Waals surface area contributed by atoms with Crippen LogP contribution in [0.2, 0.25) is 0 Å². The third-order valence-corrected chi connectivity index (χ3v) is 5.73. The molecule has 0 spiro atoms. The molecule has 0 unspecified atom stereocenters. The minimum absolute atomic E-state index is 0.0940. The number of benzene rings is 1. The third kappa shape index (κ3) is 3.61. The van der Waals surface area contributed by atoms with Gasteiger partial charge in [0, 0.05) is 37.1 Å². The number of ether oxygens (including phenoxy) is 1. The van der Waals surface area contributed by atoms with Gasteiger partial charge >= 0.3 is 5.97 Å². The number of amides is 1. The lowest BCUT2D eigenvalue weighted by molar-refractivity contribution is -0.155. The second-order valence-electron chi connectivity index (χ2n) is 7.81. The largest absolute Gasteiger partial charge is 0.497 e. The SMILES string of the molecule is COc1ccc(-c2cc(C[C@@]3(C(=O)O)CCCN(C(=O)C4CC4)C3)on2)cc1. The molecule has 1 aliphatic carbocycles. The summed E-state index contributed by atoms with van der Waals surface area (Å²) in [5.74, 6) is 0.579. The van der Waals surface area contributed by atoms with Crippen LogP contribution in [-0.2, 0) is 16.0 Å². The van der Waals surface area contributed by atoms with Gasteiger partial charge in [-0.3, -0.25) is 9.59 Å². The summed E-state index contributed by atoms with van der Waals surface area (Å²) < 4.78 is 10.6. The fourth-order valence-corrected chi connectivity index (χ4v) is 3.93. The molecular weight excluding hydrogens is 360 g/mol. The van der Waals surface area contributed by atoms with Gasteiger partial charge in [0.15, 0.2) is 0 Å². The van der Waals surface area contributed by atoms with E-state index in [9.17, 15) is 14.7 Å². The molecule has 28 heavy (non-hydrogen) atoms. The number of methoxy groups -OCH3 is 1. The molecule has 1 aromatic heterocycles. The monoisotopic (exact) mass is 384 g/mol. The maximum atomic E-state index is 12.5. The Balaban J connectivity index is 1.52. The van der Waals surface area contributed by atoms with Crippen LogP contribution in [0.5, 0.6) is 5.75 Å². The molecule has 0 bridgehead atoms. The first-order valence-corrected chi connectivity index (χ1v) is 9.63. The molecule has 1 atom stereocenters. The maximum Gasteiger partial charge on any atom is 0.311 e. The molecule has 2 aromatic rings. The number of rotatable bonds is 6. The van der Waals surface area contributed by atoms with Crippen LogP contribution in [0, 0.1) is 11.3 Å². The molecular formula is C21H24N2O5. The molecule has 7 heteroatoms. The van der Waals surface area contributed by atoms with Crippen molar-refractivity contribution in [2.45, 2.75) is 32.1 Å². The van der Waals surface area contributed by atoms with E-state index in [1.165, 1.54) is 0 Å². The quantitative estimate of drug-likeness (QED) is 0.823. The van der Waals surface area contributed by atoms with Crippen LogP contribution >= 0.6 is 0 Å². The highest BCUT2D eigenvalue weighted by atomic mass is 16.5. The number of piperidine rings is 1. The second kappa shape index (κ2) is 7.30. The first-order valence-electron chi connectivity index (χ1n) is 9.63. The summed E-state index contributed by atoms with van der Waals surface area (Å²) in [5, 5.41) is 14.1. The van der Waals surface area contributed by atoms with Gasteiger partial charge < -0.3 is 19.3 Å². The molecule has 2 fully saturated rings. The fraction of sp³-hybridized carbons (Fsp3) is 0.476. The average molecular weight is 384 g/mol. The summed E-state index contributed by atoms with van der Waals surface area (Å²) in [6, 6.07) is 9.22. The van der Waals surface area contributed by atoms with Gasteiger partial charge in [-0.05, 0) is 49.9 Å². The molecule has 7 nitrogen and oxygen atoms in total. The summed E-state index contributed by atoms with van der Waals surface area (Å²) >= 11 is 0. The van der Waals surface area contributed by atoms with Gasteiger partial charge in [-0.25, -0.2) is 0 Å². The second-order valence-corrected chi connectivity index (χ2v) is 7.81. The van der Waals surface area contributed by atoms with Gasteiger partial charge in [-0.15, -0.1) is 0 Å². The Morgan fingerprint density at radius 3 is 2.71 bits per heavy atom.